The van der Waals surface area contributed by atoms with Crippen molar-refractivity contribution in [1.82, 2.24) is 20.0 Å². The van der Waals surface area contributed by atoms with E-state index in [-0.39, 0.29) is 35.5 Å². The van der Waals surface area contributed by atoms with Gasteiger partial charge in [0.15, 0.2) is 0 Å². The summed E-state index contributed by atoms with van der Waals surface area (Å²) in [5, 5.41) is 3.83. The lowest BCUT2D eigenvalue weighted by atomic mass is 9.74. The van der Waals surface area contributed by atoms with Crippen molar-refractivity contribution in [2.75, 3.05) is 46.8 Å². The predicted molar refractivity (Wildman–Crippen MR) is 174 cm³/mol. The molecule has 4 unspecified atom stereocenters. The van der Waals surface area contributed by atoms with Gasteiger partial charge in [0.1, 0.15) is 11.9 Å². The molecule has 234 valence electrons. The van der Waals surface area contributed by atoms with Gasteiger partial charge in [0.2, 0.25) is 11.8 Å². The number of amides is 2. The van der Waals surface area contributed by atoms with Gasteiger partial charge in [-0.3, -0.25) is 14.5 Å². The van der Waals surface area contributed by atoms with Crippen molar-refractivity contribution in [1.29, 1.82) is 0 Å². The molecule has 5 rings (SSSR count). The van der Waals surface area contributed by atoms with Gasteiger partial charge in [0, 0.05) is 55.6 Å². The maximum Gasteiger partial charge on any atom is 0.245 e. The van der Waals surface area contributed by atoms with Gasteiger partial charge >= 0.3 is 0 Å². The molecule has 4 atom stereocenters. The summed E-state index contributed by atoms with van der Waals surface area (Å²) in [6.45, 7) is 5.08. The Kier molecular flexibility index (Phi) is 10.7. The maximum absolute atomic E-state index is 14.8. The number of halogens is 2. The molecular weight excluding hydrogens is 575 g/mol. The maximum atomic E-state index is 14.8. The van der Waals surface area contributed by atoms with Crippen molar-refractivity contribution >= 4 is 23.4 Å². The Morgan fingerprint density at radius 2 is 1.57 bits per heavy atom. The third kappa shape index (κ3) is 7.68. The number of hydrogen-bond acceptors (Lipinski definition) is 4. The lowest BCUT2D eigenvalue weighted by Gasteiger charge is -2.41. The fraction of sp³-hybridized carbons (Fsp3) is 0.444. The number of carbonyl (C=O) groups excluding carboxylic acids is 2. The lowest BCUT2D eigenvalue weighted by molar-refractivity contribution is -0.139. The standard InChI is InChI=1S/C36H44ClFN4O2/c1-4-26-22-27-9-5-6-10-28(27)23-31(26)35(43)39-33(21-25-13-15-29(37)16-14-25)36(44)42-19-17-41(18-20-42)34(24-40(2)3)30-11-7-8-12-32(30)38/h5-16,26,31,33-34H,4,17-24H2,1-3H3,(H,39,43). The van der Waals surface area contributed by atoms with Gasteiger partial charge in [-0.1, -0.05) is 79.5 Å². The Morgan fingerprint density at radius 1 is 0.932 bits per heavy atom. The van der Waals surface area contributed by atoms with Gasteiger partial charge in [-0.25, -0.2) is 4.39 Å². The molecule has 0 saturated carbocycles. The summed E-state index contributed by atoms with van der Waals surface area (Å²) in [6.07, 6.45) is 2.85. The van der Waals surface area contributed by atoms with Crippen LogP contribution < -0.4 is 5.32 Å². The summed E-state index contributed by atoms with van der Waals surface area (Å²) in [7, 11) is 3.98. The van der Waals surface area contributed by atoms with Gasteiger partial charge in [0.25, 0.3) is 0 Å². The number of likely N-dealkylation sites (N-methyl/N-ethyl adjacent to an activating group) is 1. The minimum Gasteiger partial charge on any atom is -0.344 e. The number of nitrogens with one attached hydrogen (secondary N) is 1. The van der Waals surface area contributed by atoms with Crippen LogP contribution in [0, 0.1) is 17.7 Å². The van der Waals surface area contributed by atoms with Crippen LogP contribution in [-0.4, -0.2) is 79.4 Å². The van der Waals surface area contributed by atoms with Crippen LogP contribution >= 0.6 is 11.6 Å². The molecule has 1 fully saturated rings. The highest BCUT2D eigenvalue weighted by molar-refractivity contribution is 6.30. The Bertz CT molecular complexity index is 1420. The van der Waals surface area contributed by atoms with Crippen LogP contribution in [0.15, 0.2) is 72.8 Å². The largest absolute Gasteiger partial charge is 0.344 e. The molecule has 3 aromatic carbocycles. The summed E-state index contributed by atoms with van der Waals surface area (Å²) in [4.78, 5) is 34.2. The van der Waals surface area contributed by atoms with Crippen molar-refractivity contribution in [2.24, 2.45) is 11.8 Å². The van der Waals surface area contributed by atoms with E-state index in [0.29, 0.717) is 56.2 Å². The van der Waals surface area contributed by atoms with Crippen molar-refractivity contribution in [3.05, 3.63) is 106 Å². The minimum absolute atomic E-state index is 0.0529. The van der Waals surface area contributed by atoms with E-state index in [1.54, 1.807) is 6.07 Å². The normalized spacial score (nSPS) is 20.2. The third-order valence-electron chi connectivity index (χ3n) is 9.31. The van der Waals surface area contributed by atoms with Crippen LogP contribution in [0.25, 0.3) is 0 Å². The molecule has 1 N–H and O–H groups in total. The smallest absolute Gasteiger partial charge is 0.245 e. The monoisotopic (exact) mass is 618 g/mol. The number of fused-ring (bicyclic) bond motifs is 1. The van der Waals surface area contributed by atoms with E-state index in [1.165, 1.54) is 17.2 Å². The summed E-state index contributed by atoms with van der Waals surface area (Å²) in [5.41, 5.74) is 4.15. The molecule has 1 saturated heterocycles. The molecule has 2 amide bonds. The average molecular weight is 619 g/mol. The second kappa shape index (κ2) is 14.7. The van der Waals surface area contributed by atoms with E-state index in [0.717, 1.165) is 18.4 Å². The Labute approximate surface area is 266 Å². The van der Waals surface area contributed by atoms with Crippen molar-refractivity contribution in [2.45, 2.75) is 44.7 Å². The first kappa shape index (κ1) is 32.1. The molecule has 1 heterocycles. The lowest BCUT2D eigenvalue weighted by Crippen LogP contribution is -2.57. The topological polar surface area (TPSA) is 55.9 Å². The summed E-state index contributed by atoms with van der Waals surface area (Å²) >= 11 is 6.14. The van der Waals surface area contributed by atoms with Crippen LogP contribution in [0.3, 0.4) is 0 Å². The first-order chi connectivity index (χ1) is 21.2. The molecule has 0 bridgehead atoms. The quantitative estimate of drug-likeness (QED) is 0.331. The zero-order valence-corrected chi connectivity index (χ0v) is 26.8. The third-order valence-corrected chi connectivity index (χ3v) is 9.56. The fourth-order valence-electron chi connectivity index (χ4n) is 6.83. The van der Waals surface area contributed by atoms with E-state index < -0.39 is 6.04 Å². The van der Waals surface area contributed by atoms with Crippen molar-refractivity contribution in [3.8, 4) is 0 Å². The number of hydrogen-bond donors (Lipinski definition) is 1. The van der Waals surface area contributed by atoms with Gasteiger partial charge in [-0.2, -0.15) is 0 Å². The molecule has 6 nitrogen and oxygen atoms in total. The molecule has 1 aliphatic heterocycles. The zero-order chi connectivity index (χ0) is 31.2. The molecule has 44 heavy (non-hydrogen) atoms. The van der Waals surface area contributed by atoms with E-state index in [4.69, 9.17) is 11.6 Å². The van der Waals surface area contributed by atoms with E-state index in [1.807, 2.05) is 61.5 Å². The molecule has 0 aromatic heterocycles. The van der Waals surface area contributed by atoms with E-state index in [9.17, 15) is 14.0 Å². The minimum atomic E-state index is -0.686. The Hall–Kier alpha value is -3.26. The molecule has 0 spiro atoms. The number of nitrogens with zero attached hydrogens (tertiary/aromatic N) is 3. The number of benzene rings is 3. The molecular formula is C36H44ClFN4O2. The predicted octanol–water partition coefficient (Wildman–Crippen LogP) is 5.39. The number of rotatable bonds is 10. The fourth-order valence-corrected chi connectivity index (χ4v) is 6.96. The van der Waals surface area contributed by atoms with Gasteiger partial charge in [-0.15, -0.1) is 0 Å². The van der Waals surface area contributed by atoms with E-state index in [2.05, 4.69) is 40.2 Å². The van der Waals surface area contributed by atoms with E-state index >= 15 is 0 Å². The van der Waals surface area contributed by atoms with Gasteiger partial charge in [0.05, 0.1) is 6.04 Å². The van der Waals surface area contributed by atoms with Crippen molar-refractivity contribution < 1.29 is 14.0 Å². The molecule has 0 radical (unpaired) electrons. The first-order valence-corrected chi connectivity index (χ1v) is 16.1. The van der Waals surface area contributed by atoms with Crippen LogP contribution in [0.5, 0.6) is 0 Å². The Morgan fingerprint density at radius 3 is 2.20 bits per heavy atom. The van der Waals surface area contributed by atoms with Crippen LogP contribution in [0.1, 0.15) is 41.6 Å². The van der Waals surface area contributed by atoms with Crippen molar-refractivity contribution in [3.63, 3.8) is 0 Å². The second-order valence-electron chi connectivity index (χ2n) is 12.5. The number of piperazine rings is 1. The summed E-state index contributed by atoms with van der Waals surface area (Å²) < 4.78 is 14.8. The SMILES string of the molecule is CCC1Cc2ccccc2CC1C(=O)NC(Cc1ccc(Cl)cc1)C(=O)N1CCN(C(CN(C)C)c2ccccc2F)CC1. The Balaban J connectivity index is 1.31. The second-order valence-corrected chi connectivity index (χ2v) is 12.9. The summed E-state index contributed by atoms with van der Waals surface area (Å²) in [5.74, 6) is -0.291. The van der Waals surface area contributed by atoms with Crippen LogP contribution in [0.4, 0.5) is 4.39 Å². The van der Waals surface area contributed by atoms with Crippen LogP contribution in [0.2, 0.25) is 5.02 Å². The highest BCUT2D eigenvalue weighted by Gasteiger charge is 2.36. The summed E-state index contributed by atoms with van der Waals surface area (Å²) in [6, 6.07) is 22.0. The molecule has 2 aliphatic rings. The van der Waals surface area contributed by atoms with Gasteiger partial charge < -0.3 is 15.1 Å². The van der Waals surface area contributed by atoms with Crippen LogP contribution in [-0.2, 0) is 28.9 Å². The molecule has 8 heteroatoms. The highest BCUT2D eigenvalue weighted by Crippen LogP contribution is 2.33. The average Bonchev–Trinajstić information content (AvgIpc) is 3.03. The molecule has 3 aromatic rings. The number of carbonyl (C=O) groups is 2. The molecule has 1 aliphatic carbocycles. The van der Waals surface area contributed by atoms with Gasteiger partial charge in [-0.05, 0) is 67.7 Å². The zero-order valence-electron chi connectivity index (χ0n) is 26.0. The first-order valence-electron chi connectivity index (χ1n) is 15.8. The highest BCUT2D eigenvalue weighted by atomic mass is 35.5.